The summed E-state index contributed by atoms with van der Waals surface area (Å²) in [7, 11) is 3.50. The molecule has 9 nitrogen and oxygen atoms in total. The third-order valence-corrected chi connectivity index (χ3v) is 6.89. The Morgan fingerprint density at radius 2 is 2.12 bits per heavy atom. The Hall–Kier alpha value is -3.40. The van der Waals surface area contributed by atoms with Crippen LogP contribution >= 0.6 is 0 Å². The van der Waals surface area contributed by atoms with Crippen molar-refractivity contribution in [1.82, 2.24) is 24.2 Å². The maximum absolute atomic E-state index is 14.1. The number of likely N-dealkylation sites (tertiary alicyclic amines) is 1. The van der Waals surface area contributed by atoms with Gasteiger partial charge in [-0.1, -0.05) is 5.16 Å². The Morgan fingerprint density at radius 1 is 1.29 bits per heavy atom. The zero-order valence-electron chi connectivity index (χ0n) is 19.2. The van der Waals surface area contributed by atoms with E-state index in [1.165, 1.54) is 17.7 Å². The van der Waals surface area contributed by atoms with Crippen LogP contribution in [0.25, 0.3) is 33.7 Å². The van der Waals surface area contributed by atoms with E-state index in [4.69, 9.17) is 20.0 Å². The van der Waals surface area contributed by atoms with Gasteiger partial charge < -0.3 is 29.0 Å². The fourth-order valence-electron chi connectivity index (χ4n) is 5.05. The molecule has 1 saturated heterocycles. The summed E-state index contributed by atoms with van der Waals surface area (Å²) in [5.41, 5.74) is 9.43. The van der Waals surface area contributed by atoms with Gasteiger partial charge in [-0.15, -0.1) is 0 Å². The molecule has 3 aromatic heterocycles. The maximum atomic E-state index is 14.1. The standard InChI is InChI=1S/C24H27FN6O3/c1-29-21-18(5-14(7-20(21)33-2)23(32)30-11-16(25)8-17(26)12-30)28-22(29)19-6-15-9-27-34-24(15)31(19)10-13-3-4-13/h5-7,9,13,16-17H,3-4,8,10-12,26H2,1-2H3/t16-,17-/m1/s1. The highest BCUT2D eigenvalue weighted by molar-refractivity contribution is 6.00. The Balaban J connectivity index is 1.45. The van der Waals surface area contributed by atoms with Gasteiger partial charge in [0.25, 0.3) is 5.91 Å². The lowest BCUT2D eigenvalue weighted by molar-refractivity contribution is 0.0606. The van der Waals surface area contributed by atoms with Gasteiger partial charge in [0.2, 0.25) is 5.71 Å². The van der Waals surface area contributed by atoms with Crippen molar-refractivity contribution in [3.8, 4) is 17.3 Å². The molecule has 1 aromatic carbocycles. The van der Waals surface area contributed by atoms with E-state index in [0.29, 0.717) is 29.3 Å². The van der Waals surface area contributed by atoms with Crippen molar-refractivity contribution in [1.29, 1.82) is 0 Å². The Bertz CT molecular complexity index is 1390. The predicted molar refractivity (Wildman–Crippen MR) is 124 cm³/mol. The topological polar surface area (TPSA) is 104 Å². The first-order valence-electron chi connectivity index (χ1n) is 11.6. The van der Waals surface area contributed by atoms with Crippen molar-refractivity contribution in [2.45, 2.75) is 38.0 Å². The van der Waals surface area contributed by atoms with Crippen molar-refractivity contribution < 1.29 is 18.4 Å². The summed E-state index contributed by atoms with van der Waals surface area (Å²) < 4.78 is 29.4. The first kappa shape index (κ1) is 21.2. The van der Waals surface area contributed by atoms with Gasteiger partial charge in [-0.3, -0.25) is 4.79 Å². The second-order valence-electron chi connectivity index (χ2n) is 9.51. The highest BCUT2D eigenvalue weighted by Crippen LogP contribution is 2.38. The molecule has 34 heavy (non-hydrogen) atoms. The monoisotopic (exact) mass is 466 g/mol. The molecule has 1 aliphatic heterocycles. The first-order valence-corrected chi connectivity index (χ1v) is 11.6. The highest BCUT2D eigenvalue weighted by atomic mass is 19.1. The number of hydrogen-bond donors (Lipinski definition) is 1. The predicted octanol–water partition coefficient (Wildman–Crippen LogP) is 3.11. The molecule has 1 amide bonds. The van der Waals surface area contributed by atoms with E-state index >= 15 is 0 Å². The number of hydrogen-bond acceptors (Lipinski definition) is 6. The number of carbonyl (C=O) groups is 1. The summed E-state index contributed by atoms with van der Waals surface area (Å²) in [5.74, 6) is 1.63. The van der Waals surface area contributed by atoms with E-state index in [2.05, 4.69) is 9.72 Å². The van der Waals surface area contributed by atoms with E-state index in [-0.39, 0.29) is 24.9 Å². The molecular weight excluding hydrogens is 439 g/mol. The number of fused-ring (bicyclic) bond motifs is 2. The minimum Gasteiger partial charge on any atom is -0.494 e. The number of nitrogens with zero attached hydrogens (tertiary/aromatic N) is 5. The van der Waals surface area contributed by atoms with E-state index in [9.17, 15) is 9.18 Å². The summed E-state index contributed by atoms with van der Waals surface area (Å²) >= 11 is 0. The molecule has 2 fully saturated rings. The number of amides is 1. The minimum absolute atomic E-state index is 0.0438. The minimum atomic E-state index is -1.12. The number of halogens is 1. The molecule has 1 saturated carbocycles. The second-order valence-corrected chi connectivity index (χ2v) is 9.51. The van der Waals surface area contributed by atoms with Gasteiger partial charge in [-0.05, 0) is 43.4 Å². The summed E-state index contributed by atoms with van der Waals surface area (Å²) in [5, 5.41) is 4.87. The fraction of sp³-hybridized carbons (Fsp3) is 0.458. The molecule has 1 aliphatic carbocycles. The molecular formula is C24H27FN6O3. The molecule has 178 valence electrons. The molecule has 4 aromatic rings. The molecule has 10 heteroatoms. The molecule has 2 aliphatic rings. The molecule has 2 atom stereocenters. The Kier molecular flexibility index (Phi) is 4.87. The van der Waals surface area contributed by atoms with Gasteiger partial charge in [-0.2, -0.15) is 0 Å². The number of benzene rings is 1. The number of rotatable bonds is 5. The van der Waals surface area contributed by atoms with Gasteiger partial charge in [0.05, 0.1) is 36.4 Å². The largest absolute Gasteiger partial charge is 0.494 e. The van der Waals surface area contributed by atoms with Gasteiger partial charge in [0.1, 0.15) is 17.4 Å². The number of aromatic nitrogens is 4. The van der Waals surface area contributed by atoms with Crippen LogP contribution in [0.4, 0.5) is 4.39 Å². The molecule has 0 spiro atoms. The van der Waals surface area contributed by atoms with E-state index in [1.54, 1.807) is 25.4 Å². The SMILES string of the molecule is COc1cc(C(=O)N2C[C@H](N)C[C@@H](F)C2)cc2nc(-c3cc4cnoc4n3CC3CC3)n(C)c12. The lowest BCUT2D eigenvalue weighted by atomic mass is 10.0. The number of methoxy groups -OCH3 is 1. The van der Waals surface area contributed by atoms with Gasteiger partial charge in [0.15, 0.2) is 5.82 Å². The van der Waals surface area contributed by atoms with Crippen LogP contribution in [-0.2, 0) is 13.6 Å². The van der Waals surface area contributed by atoms with E-state index in [0.717, 1.165) is 34.7 Å². The lowest BCUT2D eigenvalue weighted by Crippen LogP contribution is -2.50. The molecule has 2 N–H and O–H groups in total. The first-order chi connectivity index (χ1) is 16.4. The zero-order chi connectivity index (χ0) is 23.6. The van der Waals surface area contributed by atoms with Crippen LogP contribution < -0.4 is 10.5 Å². The number of piperidine rings is 1. The summed E-state index contributed by atoms with van der Waals surface area (Å²) in [6.45, 7) is 1.22. The number of imidazole rings is 1. The molecule has 0 radical (unpaired) electrons. The van der Waals surface area contributed by atoms with Crippen molar-refractivity contribution in [2.75, 3.05) is 20.2 Å². The Labute approximate surface area is 195 Å². The zero-order valence-corrected chi connectivity index (χ0v) is 19.2. The van der Waals surface area contributed by atoms with Crippen LogP contribution in [0.5, 0.6) is 5.75 Å². The number of alkyl halides is 1. The van der Waals surface area contributed by atoms with Crippen LogP contribution in [0, 0.1) is 5.92 Å². The van der Waals surface area contributed by atoms with E-state index < -0.39 is 6.17 Å². The van der Waals surface area contributed by atoms with E-state index in [1.807, 2.05) is 17.7 Å². The van der Waals surface area contributed by atoms with Crippen LogP contribution in [0.3, 0.4) is 0 Å². The number of carbonyl (C=O) groups excluding carboxylic acids is 1. The summed E-state index contributed by atoms with van der Waals surface area (Å²) in [4.78, 5) is 19.6. The average Bonchev–Trinajstić information content (AvgIpc) is 3.26. The maximum Gasteiger partial charge on any atom is 0.254 e. The third-order valence-electron chi connectivity index (χ3n) is 6.89. The smallest absolute Gasteiger partial charge is 0.254 e. The third kappa shape index (κ3) is 3.44. The van der Waals surface area contributed by atoms with Crippen molar-refractivity contribution in [2.24, 2.45) is 18.7 Å². The number of nitrogens with two attached hydrogens (primary N) is 1. The lowest BCUT2D eigenvalue weighted by Gasteiger charge is -2.33. The van der Waals surface area contributed by atoms with Crippen LogP contribution in [0.15, 0.2) is 28.9 Å². The van der Waals surface area contributed by atoms with Crippen LogP contribution in [-0.4, -0.2) is 62.5 Å². The highest BCUT2D eigenvalue weighted by Gasteiger charge is 2.30. The van der Waals surface area contributed by atoms with Gasteiger partial charge >= 0.3 is 0 Å². The van der Waals surface area contributed by atoms with Crippen LogP contribution in [0.1, 0.15) is 29.6 Å². The molecule has 0 unspecified atom stereocenters. The number of aryl methyl sites for hydroxylation is 1. The molecule has 0 bridgehead atoms. The van der Waals surface area contributed by atoms with Gasteiger partial charge in [-0.25, -0.2) is 9.37 Å². The fourth-order valence-corrected chi connectivity index (χ4v) is 5.05. The summed E-state index contributed by atoms with van der Waals surface area (Å²) in [6, 6.07) is 5.11. The average molecular weight is 467 g/mol. The van der Waals surface area contributed by atoms with Crippen molar-refractivity contribution in [3.63, 3.8) is 0 Å². The van der Waals surface area contributed by atoms with Crippen molar-refractivity contribution >= 4 is 28.0 Å². The normalized spacial score (nSPS) is 21.0. The van der Waals surface area contributed by atoms with Crippen molar-refractivity contribution in [3.05, 3.63) is 30.0 Å². The number of ether oxygens (including phenoxy) is 1. The second kappa shape index (κ2) is 7.83. The molecule has 6 rings (SSSR count). The summed E-state index contributed by atoms with van der Waals surface area (Å²) in [6.07, 6.45) is 3.27. The van der Waals surface area contributed by atoms with Crippen LogP contribution in [0.2, 0.25) is 0 Å². The Morgan fingerprint density at radius 3 is 2.85 bits per heavy atom. The van der Waals surface area contributed by atoms with Gasteiger partial charge in [0, 0.05) is 31.7 Å². The quantitative estimate of drug-likeness (QED) is 0.485. The molecule has 4 heterocycles.